The summed E-state index contributed by atoms with van der Waals surface area (Å²) in [4.78, 5) is 2.45. The Hall–Kier alpha value is -1.26. The SMILES string of the molecule is C[C@@H]1CCC[C@@H](C)N1C[C@H](O)Cn1c2ccc(Cl)cc2c2cc(Cl)ccc21. The van der Waals surface area contributed by atoms with Crippen molar-refractivity contribution in [2.75, 3.05) is 6.54 Å². The maximum atomic E-state index is 10.9. The number of halogens is 2. The summed E-state index contributed by atoms with van der Waals surface area (Å²) in [6.45, 7) is 5.80. The molecule has 5 heteroatoms. The van der Waals surface area contributed by atoms with Crippen molar-refractivity contribution in [1.82, 2.24) is 9.47 Å². The third-order valence-electron chi connectivity index (χ3n) is 5.98. The molecule has 2 aromatic carbocycles. The molecule has 0 bridgehead atoms. The van der Waals surface area contributed by atoms with E-state index in [0.29, 0.717) is 35.2 Å². The maximum absolute atomic E-state index is 10.9. The molecule has 1 fully saturated rings. The molecule has 1 aliphatic heterocycles. The smallest absolute Gasteiger partial charge is 0.0846 e. The number of nitrogens with zero attached hydrogens (tertiary/aromatic N) is 2. The van der Waals surface area contributed by atoms with Crippen LogP contribution in [-0.4, -0.2) is 39.3 Å². The van der Waals surface area contributed by atoms with Gasteiger partial charge < -0.3 is 9.67 Å². The molecule has 4 rings (SSSR count). The molecule has 1 saturated heterocycles. The molecule has 0 amide bonds. The minimum absolute atomic E-state index is 0.432. The molecule has 3 atom stereocenters. The number of aliphatic hydroxyl groups is 1. The highest BCUT2D eigenvalue weighted by Crippen LogP contribution is 2.33. The summed E-state index contributed by atoms with van der Waals surface area (Å²) in [6, 6.07) is 12.9. The molecule has 1 aromatic heterocycles. The Morgan fingerprint density at radius 3 is 1.96 bits per heavy atom. The van der Waals surface area contributed by atoms with E-state index in [0.717, 1.165) is 21.8 Å². The average Bonchev–Trinajstić information content (AvgIpc) is 2.91. The molecule has 1 aliphatic rings. The fourth-order valence-electron chi connectivity index (χ4n) is 4.59. The minimum atomic E-state index is -0.432. The van der Waals surface area contributed by atoms with Crippen LogP contribution in [0.5, 0.6) is 0 Å². The van der Waals surface area contributed by atoms with E-state index in [4.69, 9.17) is 23.2 Å². The van der Waals surface area contributed by atoms with E-state index in [2.05, 4.69) is 23.3 Å². The number of rotatable bonds is 4. The number of likely N-dealkylation sites (tertiary alicyclic amines) is 1. The van der Waals surface area contributed by atoms with Gasteiger partial charge >= 0.3 is 0 Å². The summed E-state index contributed by atoms with van der Waals surface area (Å²) in [5.74, 6) is 0. The van der Waals surface area contributed by atoms with Crippen molar-refractivity contribution in [3.8, 4) is 0 Å². The molecule has 27 heavy (non-hydrogen) atoms. The van der Waals surface area contributed by atoms with Gasteiger partial charge in [-0.2, -0.15) is 0 Å². The molecule has 0 unspecified atom stereocenters. The third kappa shape index (κ3) is 3.71. The van der Waals surface area contributed by atoms with E-state index < -0.39 is 6.10 Å². The predicted molar refractivity (Wildman–Crippen MR) is 115 cm³/mol. The lowest BCUT2D eigenvalue weighted by Crippen LogP contribution is -2.48. The van der Waals surface area contributed by atoms with Crippen LogP contribution in [0.4, 0.5) is 0 Å². The van der Waals surface area contributed by atoms with Gasteiger partial charge in [-0.05, 0) is 63.1 Å². The highest BCUT2D eigenvalue weighted by atomic mass is 35.5. The highest BCUT2D eigenvalue weighted by Gasteiger charge is 2.27. The lowest BCUT2D eigenvalue weighted by Gasteiger charge is -2.40. The van der Waals surface area contributed by atoms with Crippen molar-refractivity contribution in [1.29, 1.82) is 0 Å². The van der Waals surface area contributed by atoms with Gasteiger partial charge in [0.2, 0.25) is 0 Å². The second kappa shape index (κ2) is 7.63. The van der Waals surface area contributed by atoms with E-state index in [-0.39, 0.29) is 0 Å². The van der Waals surface area contributed by atoms with Gasteiger partial charge in [0.05, 0.1) is 12.6 Å². The van der Waals surface area contributed by atoms with Crippen LogP contribution in [0.25, 0.3) is 21.8 Å². The number of benzene rings is 2. The van der Waals surface area contributed by atoms with Crippen LogP contribution in [0.3, 0.4) is 0 Å². The van der Waals surface area contributed by atoms with E-state index >= 15 is 0 Å². The second-order valence-corrected chi connectivity index (χ2v) is 8.79. The van der Waals surface area contributed by atoms with Crippen LogP contribution in [0.2, 0.25) is 10.0 Å². The fraction of sp³-hybridized carbons (Fsp3) is 0.455. The molecule has 144 valence electrons. The molecular weight excluding hydrogens is 379 g/mol. The molecule has 0 saturated carbocycles. The quantitative estimate of drug-likeness (QED) is 0.601. The number of fused-ring (bicyclic) bond motifs is 3. The van der Waals surface area contributed by atoms with Crippen LogP contribution in [0.15, 0.2) is 36.4 Å². The zero-order chi connectivity index (χ0) is 19.1. The fourth-order valence-corrected chi connectivity index (χ4v) is 4.94. The van der Waals surface area contributed by atoms with Crippen LogP contribution < -0.4 is 0 Å². The Bertz CT molecular complexity index is 899. The molecule has 0 radical (unpaired) electrons. The summed E-state index contributed by atoms with van der Waals surface area (Å²) >= 11 is 12.5. The van der Waals surface area contributed by atoms with Crippen molar-refractivity contribution >= 4 is 45.0 Å². The Morgan fingerprint density at radius 2 is 1.44 bits per heavy atom. The van der Waals surface area contributed by atoms with Crippen molar-refractivity contribution in [2.45, 2.75) is 57.8 Å². The third-order valence-corrected chi connectivity index (χ3v) is 6.45. The summed E-state index contributed by atoms with van der Waals surface area (Å²) in [6.07, 6.45) is 3.27. The van der Waals surface area contributed by atoms with Gasteiger partial charge in [-0.1, -0.05) is 29.6 Å². The van der Waals surface area contributed by atoms with E-state index in [1.807, 2.05) is 36.4 Å². The van der Waals surface area contributed by atoms with E-state index in [1.54, 1.807) is 0 Å². The van der Waals surface area contributed by atoms with Crippen molar-refractivity contribution in [3.05, 3.63) is 46.4 Å². The highest BCUT2D eigenvalue weighted by molar-refractivity contribution is 6.33. The van der Waals surface area contributed by atoms with Crippen LogP contribution in [0.1, 0.15) is 33.1 Å². The lowest BCUT2D eigenvalue weighted by molar-refractivity contribution is 0.0357. The van der Waals surface area contributed by atoms with Crippen molar-refractivity contribution < 1.29 is 5.11 Å². The Morgan fingerprint density at radius 1 is 0.926 bits per heavy atom. The van der Waals surface area contributed by atoms with Gasteiger partial charge in [0.1, 0.15) is 0 Å². The molecule has 1 N–H and O–H groups in total. The van der Waals surface area contributed by atoms with Gasteiger partial charge in [0.25, 0.3) is 0 Å². The topological polar surface area (TPSA) is 28.4 Å². The van der Waals surface area contributed by atoms with Gasteiger partial charge in [-0.15, -0.1) is 0 Å². The first kappa shape index (κ1) is 19.1. The first-order valence-electron chi connectivity index (χ1n) is 9.75. The van der Waals surface area contributed by atoms with Gasteiger partial charge in [-0.3, -0.25) is 4.90 Å². The average molecular weight is 405 g/mol. The van der Waals surface area contributed by atoms with Gasteiger partial charge in [0.15, 0.2) is 0 Å². The molecule has 0 spiro atoms. The number of piperidine rings is 1. The van der Waals surface area contributed by atoms with Crippen molar-refractivity contribution in [2.24, 2.45) is 0 Å². The summed E-state index contributed by atoms with van der Waals surface area (Å²) in [5, 5.41) is 14.5. The number of hydrogen-bond donors (Lipinski definition) is 1. The summed E-state index contributed by atoms with van der Waals surface area (Å²) in [7, 11) is 0. The van der Waals surface area contributed by atoms with Crippen LogP contribution in [-0.2, 0) is 6.54 Å². The Balaban J connectivity index is 1.68. The predicted octanol–water partition coefficient (Wildman–Crippen LogP) is 5.73. The van der Waals surface area contributed by atoms with Crippen molar-refractivity contribution in [3.63, 3.8) is 0 Å². The zero-order valence-corrected chi connectivity index (χ0v) is 17.3. The monoisotopic (exact) mass is 404 g/mol. The molecular formula is C22H26Cl2N2O. The molecule has 2 heterocycles. The minimum Gasteiger partial charge on any atom is -0.390 e. The normalized spacial score (nSPS) is 22.6. The second-order valence-electron chi connectivity index (χ2n) is 7.91. The van der Waals surface area contributed by atoms with Gasteiger partial charge in [-0.25, -0.2) is 0 Å². The first-order chi connectivity index (χ1) is 12.9. The number of hydrogen-bond acceptors (Lipinski definition) is 2. The summed E-state index contributed by atoms with van der Waals surface area (Å²) in [5.41, 5.74) is 2.16. The number of β-amino-alcohol motifs (C(OH)–C–C–N with tert-alkyl or cyclic N) is 1. The number of aromatic nitrogens is 1. The molecule has 3 aromatic rings. The number of aliphatic hydroxyl groups excluding tert-OH is 1. The summed E-state index contributed by atoms with van der Waals surface area (Å²) < 4.78 is 2.20. The Labute approximate surface area is 170 Å². The lowest BCUT2D eigenvalue weighted by atomic mass is 9.97. The Kier molecular flexibility index (Phi) is 5.39. The van der Waals surface area contributed by atoms with Crippen LogP contribution >= 0.6 is 23.2 Å². The standard InChI is InChI=1S/C22H26Cl2N2O/c1-14-4-3-5-15(2)25(14)12-18(27)13-26-21-8-6-16(23)10-19(21)20-11-17(24)7-9-22(20)26/h6-11,14-15,18,27H,3-5,12-13H2,1-2H3/t14-,15-,18+/m1/s1. The molecule has 0 aliphatic carbocycles. The van der Waals surface area contributed by atoms with E-state index in [9.17, 15) is 5.11 Å². The van der Waals surface area contributed by atoms with Crippen LogP contribution in [0, 0.1) is 0 Å². The first-order valence-corrected chi connectivity index (χ1v) is 10.5. The molecule has 3 nitrogen and oxygen atoms in total. The maximum Gasteiger partial charge on any atom is 0.0846 e. The largest absolute Gasteiger partial charge is 0.390 e. The van der Waals surface area contributed by atoms with E-state index in [1.165, 1.54) is 19.3 Å². The van der Waals surface area contributed by atoms with Gasteiger partial charge in [0, 0.05) is 50.5 Å². The zero-order valence-electron chi connectivity index (χ0n) is 15.8.